The molecule has 0 unspecified atom stereocenters. The molecule has 1 rings (SSSR count). The molecule has 66 valence electrons. The standard InChI is InChI=1S/C8H10BrNO2/c1-8(2,11)7-4-3-6(12-9)5-10-7/h3-5,11H,1-2H3. The van der Waals surface area contributed by atoms with Crippen LogP contribution in [0.2, 0.25) is 0 Å². The van der Waals surface area contributed by atoms with Crippen LogP contribution >= 0.6 is 16.3 Å². The maximum absolute atomic E-state index is 9.54. The molecule has 0 aliphatic rings. The smallest absolute Gasteiger partial charge is 0.179 e. The minimum atomic E-state index is -0.898. The first kappa shape index (κ1) is 9.48. The Bertz CT molecular complexity index is 253. The molecular formula is C8H10BrNO2. The van der Waals surface area contributed by atoms with Gasteiger partial charge in [0.25, 0.3) is 0 Å². The molecule has 1 heterocycles. The van der Waals surface area contributed by atoms with Crippen LogP contribution in [0.25, 0.3) is 0 Å². The predicted molar refractivity (Wildman–Crippen MR) is 49.0 cm³/mol. The van der Waals surface area contributed by atoms with E-state index in [9.17, 15) is 5.11 Å². The van der Waals surface area contributed by atoms with Crippen molar-refractivity contribution in [3.05, 3.63) is 24.0 Å². The molecule has 1 aromatic rings. The molecule has 0 saturated heterocycles. The summed E-state index contributed by atoms with van der Waals surface area (Å²) in [5.74, 6) is 0.614. The molecule has 0 amide bonds. The van der Waals surface area contributed by atoms with E-state index in [1.165, 1.54) is 0 Å². The van der Waals surface area contributed by atoms with E-state index in [1.54, 1.807) is 32.2 Å². The number of pyridine rings is 1. The fourth-order valence-electron chi connectivity index (χ4n) is 0.788. The highest BCUT2D eigenvalue weighted by Gasteiger charge is 2.16. The molecule has 4 heteroatoms. The van der Waals surface area contributed by atoms with Crippen LogP contribution < -0.4 is 3.83 Å². The molecular weight excluding hydrogens is 222 g/mol. The Morgan fingerprint density at radius 3 is 2.50 bits per heavy atom. The summed E-state index contributed by atoms with van der Waals surface area (Å²) in [7, 11) is 0. The average Bonchev–Trinajstić information content (AvgIpc) is 2.03. The maximum atomic E-state index is 9.54. The molecule has 0 aromatic carbocycles. The zero-order chi connectivity index (χ0) is 9.19. The number of nitrogens with zero attached hydrogens (tertiary/aromatic N) is 1. The van der Waals surface area contributed by atoms with E-state index in [-0.39, 0.29) is 0 Å². The normalized spacial score (nSPS) is 11.3. The topological polar surface area (TPSA) is 42.4 Å². The van der Waals surface area contributed by atoms with E-state index in [1.807, 2.05) is 0 Å². The minimum absolute atomic E-state index is 0.614. The number of hydrogen-bond donors (Lipinski definition) is 1. The minimum Gasteiger partial charge on any atom is -0.416 e. The van der Waals surface area contributed by atoms with Crippen LogP contribution in [-0.4, -0.2) is 10.1 Å². The Kier molecular flexibility index (Phi) is 2.69. The van der Waals surface area contributed by atoms with Crippen molar-refractivity contribution in [1.29, 1.82) is 0 Å². The van der Waals surface area contributed by atoms with Gasteiger partial charge in [-0.05, 0) is 26.0 Å². The molecule has 1 aromatic heterocycles. The van der Waals surface area contributed by atoms with Crippen LogP contribution in [-0.2, 0) is 5.60 Å². The highest BCUT2D eigenvalue weighted by atomic mass is 79.9. The second-order valence-corrected chi connectivity index (χ2v) is 3.34. The predicted octanol–water partition coefficient (Wildman–Crippen LogP) is 2.00. The largest absolute Gasteiger partial charge is 0.416 e. The molecule has 1 N–H and O–H groups in total. The number of aliphatic hydroxyl groups is 1. The zero-order valence-electron chi connectivity index (χ0n) is 6.91. The van der Waals surface area contributed by atoms with Crippen molar-refractivity contribution in [3.8, 4) is 5.75 Å². The van der Waals surface area contributed by atoms with Crippen molar-refractivity contribution in [2.24, 2.45) is 0 Å². The average molecular weight is 232 g/mol. The SMILES string of the molecule is CC(C)(O)c1ccc(OBr)cn1. The zero-order valence-corrected chi connectivity index (χ0v) is 8.50. The van der Waals surface area contributed by atoms with Crippen molar-refractivity contribution in [2.45, 2.75) is 19.4 Å². The van der Waals surface area contributed by atoms with E-state index in [0.29, 0.717) is 11.4 Å². The quantitative estimate of drug-likeness (QED) is 0.847. The van der Waals surface area contributed by atoms with Crippen LogP contribution in [0.5, 0.6) is 5.75 Å². The lowest BCUT2D eigenvalue weighted by molar-refractivity contribution is 0.0738. The molecule has 12 heavy (non-hydrogen) atoms. The first-order valence-electron chi connectivity index (χ1n) is 3.51. The van der Waals surface area contributed by atoms with Crippen molar-refractivity contribution in [1.82, 2.24) is 4.98 Å². The Morgan fingerprint density at radius 2 is 2.17 bits per heavy atom. The third kappa shape index (κ3) is 2.19. The van der Waals surface area contributed by atoms with Crippen molar-refractivity contribution in [3.63, 3.8) is 0 Å². The summed E-state index contributed by atoms with van der Waals surface area (Å²) < 4.78 is 4.75. The first-order valence-corrected chi connectivity index (χ1v) is 4.16. The maximum Gasteiger partial charge on any atom is 0.179 e. The Balaban J connectivity index is 2.93. The summed E-state index contributed by atoms with van der Waals surface area (Å²) in [5, 5.41) is 9.54. The van der Waals surface area contributed by atoms with Crippen LogP contribution in [0.3, 0.4) is 0 Å². The van der Waals surface area contributed by atoms with Gasteiger partial charge < -0.3 is 8.93 Å². The van der Waals surface area contributed by atoms with E-state index in [0.717, 1.165) is 0 Å². The van der Waals surface area contributed by atoms with Gasteiger partial charge in [-0.3, -0.25) is 4.98 Å². The summed E-state index contributed by atoms with van der Waals surface area (Å²) in [5.41, 5.74) is -0.277. The molecule has 0 spiro atoms. The van der Waals surface area contributed by atoms with Gasteiger partial charge in [-0.2, -0.15) is 0 Å². The van der Waals surface area contributed by atoms with Crippen LogP contribution in [0, 0.1) is 0 Å². The second kappa shape index (κ2) is 3.41. The van der Waals surface area contributed by atoms with Gasteiger partial charge in [0.2, 0.25) is 0 Å². The summed E-state index contributed by atoms with van der Waals surface area (Å²) in [4.78, 5) is 4.02. The van der Waals surface area contributed by atoms with Crippen LogP contribution in [0.1, 0.15) is 19.5 Å². The van der Waals surface area contributed by atoms with Crippen molar-refractivity contribution >= 4 is 16.3 Å². The molecule has 3 nitrogen and oxygen atoms in total. The van der Waals surface area contributed by atoms with Crippen molar-refractivity contribution in [2.75, 3.05) is 0 Å². The third-order valence-electron chi connectivity index (χ3n) is 1.45. The summed E-state index contributed by atoms with van der Waals surface area (Å²) in [6, 6.07) is 3.45. The molecule has 0 saturated carbocycles. The molecule has 0 radical (unpaired) electrons. The summed E-state index contributed by atoms with van der Waals surface area (Å²) >= 11 is 2.83. The Hall–Kier alpha value is -0.610. The number of hydrogen-bond acceptors (Lipinski definition) is 3. The van der Waals surface area contributed by atoms with E-state index in [4.69, 9.17) is 3.83 Å². The van der Waals surface area contributed by atoms with Gasteiger partial charge in [-0.1, -0.05) is 0 Å². The lowest BCUT2D eigenvalue weighted by Crippen LogP contribution is -2.16. The highest BCUT2D eigenvalue weighted by molar-refractivity contribution is 9.06. The van der Waals surface area contributed by atoms with Crippen LogP contribution in [0.15, 0.2) is 18.3 Å². The molecule has 0 atom stereocenters. The van der Waals surface area contributed by atoms with Gasteiger partial charge in [0, 0.05) is 0 Å². The number of halogens is 1. The molecule has 0 fully saturated rings. The fourth-order valence-corrected chi connectivity index (χ4v) is 0.979. The van der Waals surface area contributed by atoms with E-state index < -0.39 is 5.60 Å². The van der Waals surface area contributed by atoms with Gasteiger partial charge in [0.05, 0.1) is 11.9 Å². The highest BCUT2D eigenvalue weighted by Crippen LogP contribution is 2.19. The lowest BCUT2D eigenvalue weighted by atomic mass is 10.1. The summed E-state index contributed by atoms with van der Waals surface area (Å²) in [6.07, 6.45) is 1.54. The van der Waals surface area contributed by atoms with Gasteiger partial charge in [0.1, 0.15) is 5.60 Å². The van der Waals surface area contributed by atoms with Crippen LogP contribution in [0.4, 0.5) is 0 Å². The number of rotatable bonds is 2. The third-order valence-corrected chi connectivity index (χ3v) is 1.83. The first-order chi connectivity index (χ1) is 5.54. The van der Waals surface area contributed by atoms with Crippen molar-refractivity contribution < 1.29 is 8.93 Å². The molecule has 0 aliphatic heterocycles. The van der Waals surface area contributed by atoms with E-state index >= 15 is 0 Å². The van der Waals surface area contributed by atoms with Gasteiger partial charge in [-0.15, -0.1) is 0 Å². The second-order valence-electron chi connectivity index (χ2n) is 3.02. The summed E-state index contributed by atoms with van der Waals surface area (Å²) in [6.45, 7) is 3.37. The Morgan fingerprint density at radius 1 is 1.50 bits per heavy atom. The Labute approximate surface area is 79.8 Å². The number of aromatic nitrogens is 1. The van der Waals surface area contributed by atoms with Gasteiger partial charge >= 0.3 is 0 Å². The monoisotopic (exact) mass is 231 g/mol. The van der Waals surface area contributed by atoms with E-state index in [2.05, 4.69) is 21.2 Å². The van der Waals surface area contributed by atoms with Gasteiger partial charge in [0.15, 0.2) is 22.0 Å². The van der Waals surface area contributed by atoms with Gasteiger partial charge in [-0.25, -0.2) is 0 Å². The lowest BCUT2D eigenvalue weighted by Gasteiger charge is -2.15. The fraction of sp³-hybridized carbons (Fsp3) is 0.375. The molecule has 0 aliphatic carbocycles. The molecule has 0 bridgehead atoms.